The van der Waals surface area contributed by atoms with Crippen molar-refractivity contribution in [1.29, 1.82) is 0 Å². The van der Waals surface area contributed by atoms with Crippen molar-refractivity contribution in [2.45, 2.75) is 45.0 Å². The lowest BCUT2D eigenvalue weighted by atomic mass is 10.1. The van der Waals surface area contributed by atoms with Gasteiger partial charge in [0.1, 0.15) is 5.69 Å². The van der Waals surface area contributed by atoms with Gasteiger partial charge < -0.3 is 14.5 Å². The molecule has 1 saturated heterocycles. The molecule has 25 heavy (non-hydrogen) atoms. The highest BCUT2D eigenvalue weighted by atomic mass is 16.7. The van der Waals surface area contributed by atoms with Crippen molar-refractivity contribution < 1.29 is 14.3 Å². The number of carbonyl (C=O) groups excluding carboxylic acids is 1. The first-order valence-corrected chi connectivity index (χ1v) is 8.73. The van der Waals surface area contributed by atoms with Crippen LogP contribution in [-0.2, 0) is 9.47 Å². The van der Waals surface area contributed by atoms with Gasteiger partial charge in [-0.25, -0.2) is 0 Å². The van der Waals surface area contributed by atoms with Crippen molar-refractivity contribution >= 4 is 27.6 Å². The average molecular weight is 338 g/mol. The van der Waals surface area contributed by atoms with E-state index in [1.165, 1.54) is 0 Å². The van der Waals surface area contributed by atoms with Gasteiger partial charge in [0.25, 0.3) is 0 Å². The van der Waals surface area contributed by atoms with Crippen LogP contribution in [0.15, 0.2) is 36.5 Å². The summed E-state index contributed by atoms with van der Waals surface area (Å²) in [5, 5.41) is 2.16. The molecule has 1 atom stereocenters. The summed E-state index contributed by atoms with van der Waals surface area (Å²) >= 11 is 0. The summed E-state index contributed by atoms with van der Waals surface area (Å²) in [5.41, 5.74) is 2.54. The summed E-state index contributed by atoms with van der Waals surface area (Å²) in [6.07, 6.45) is 3.90. The Labute approximate surface area is 146 Å². The van der Waals surface area contributed by atoms with Gasteiger partial charge in [-0.15, -0.1) is 0 Å². The SMILES string of the molecule is CC1(C)OCC(CCCC(=O)c2cc3c(cn2)[nH]c2ccccc23)O1. The number of Topliss-reactive ketones (excluding diaryl/α,β-unsaturated/α-hetero) is 1. The molecule has 4 rings (SSSR count). The van der Waals surface area contributed by atoms with E-state index in [9.17, 15) is 4.79 Å². The molecule has 1 fully saturated rings. The Morgan fingerprint density at radius 1 is 1.28 bits per heavy atom. The molecule has 1 aromatic carbocycles. The van der Waals surface area contributed by atoms with Crippen LogP contribution in [0, 0.1) is 0 Å². The number of ether oxygens (including phenoxy) is 2. The number of nitrogens with zero attached hydrogens (tertiary/aromatic N) is 1. The minimum Gasteiger partial charge on any atom is -0.353 e. The molecule has 5 heteroatoms. The van der Waals surface area contributed by atoms with Crippen LogP contribution in [0.2, 0.25) is 0 Å². The zero-order valence-electron chi connectivity index (χ0n) is 14.5. The van der Waals surface area contributed by atoms with Crippen LogP contribution in [0.4, 0.5) is 0 Å². The highest BCUT2D eigenvalue weighted by Gasteiger charge is 2.32. The summed E-state index contributed by atoms with van der Waals surface area (Å²) in [6.45, 7) is 4.43. The largest absolute Gasteiger partial charge is 0.353 e. The van der Waals surface area contributed by atoms with Crippen molar-refractivity contribution in [3.63, 3.8) is 0 Å². The lowest BCUT2D eigenvalue weighted by Crippen LogP contribution is -2.21. The van der Waals surface area contributed by atoms with Gasteiger partial charge in [0, 0.05) is 22.7 Å². The predicted molar refractivity (Wildman–Crippen MR) is 96.7 cm³/mol. The summed E-state index contributed by atoms with van der Waals surface area (Å²) in [5.74, 6) is -0.429. The Morgan fingerprint density at radius 2 is 2.12 bits per heavy atom. The van der Waals surface area contributed by atoms with Crippen LogP contribution < -0.4 is 0 Å². The van der Waals surface area contributed by atoms with E-state index >= 15 is 0 Å². The first-order chi connectivity index (χ1) is 12.0. The molecule has 1 aliphatic rings. The zero-order valence-corrected chi connectivity index (χ0v) is 14.5. The smallest absolute Gasteiger partial charge is 0.181 e. The third-order valence-corrected chi connectivity index (χ3v) is 4.67. The number of nitrogens with one attached hydrogen (secondary N) is 1. The van der Waals surface area contributed by atoms with E-state index in [0.29, 0.717) is 18.7 Å². The number of benzene rings is 1. The fourth-order valence-corrected chi connectivity index (χ4v) is 3.43. The lowest BCUT2D eigenvalue weighted by molar-refractivity contribution is -0.139. The highest BCUT2D eigenvalue weighted by molar-refractivity contribution is 6.09. The molecule has 1 aliphatic heterocycles. The molecule has 0 radical (unpaired) electrons. The number of H-pyrrole nitrogens is 1. The molecular weight excluding hydrogens is 316 g/mol. The Bertz CT molecular complexity index is 929. The third kappa shape index (κ3) is 3.30. The summed E-state index contributed by atoms with van der Waals surface area (Å²) < 4.78 is 11.3. The third-order valence-electron chi connectivity index (χ3n) is 4.67. The van der Waals surface area contributed by atoms with Crippen molar-refractivity contribution in [1.82, 2.24) is 9.97 Å². The number of para-hydroxylation sites is 1. The zero-order chi connectivity index (χ0) is 17.4. The Hall–Kier alpha value is -2.24. The number of hydrogen-bond donors (Lipinski definition) is 1. The first-order valence-electron chi connectivity index (χ1n) is 8.73. The molecular formula is C20H22N2O3. The van der Waals surface area contributed by atoms with Gasteiger partial charge in [-0.1, -0.05) is 18.2 Å². The minimum atomic E-state index is -0.503. The van der Waals surface area contributed by atoms with Crippen LogP contribution >= 0.6 is 0 Å². The Morgan fingerprint density at radius 3 is 2.92 bits per heavy atom. The van der Waals surface area contributed by atoms with Gasteiger partial charge in [-0.3, -0.25) is 9.78 Å². The van der Waals surface area contributed by atoms with Gasteiger partial charge >= 0.3 is 0 Å². The molecule has 5 nitrogen and oxygen atoms in total. The number of ketones is 1. The van der Waals surface area contributed by atoms with Gasteiger partial charge in [-0.05, 0) is 38.8 Å². The topological polar surface area (TPSA) is 64.2 Å². The summed E-state index contributed by atoms with van der Waals surface area (Å²) in [6, 6.07) is 9.98. The average Bonchev–Trinajstić information content (AvgIpc) is 3.13. The molecule has 0 spiro atoms. The van der Waals surface area contributed by atoms with Crippen molar-refractivity contribution in [2.24, 2.45) is 0 Å². The molecule has 0 aliphatic carbocycles. The molecule has 1 N–H and O–H groups in total. The Balaban J connectivity index is 1.44. The van der Waals surface area contributed by atoms with Crippen molar-refractivity contribution in [3.8, 4) is 0 Å². The lowest BCUT2D eigenvalue weighted by Gasteiger charge is -2.16. The molecule has 1 unspecified atom stereocenters. The number of aromatic nitrogens is 2. The number of pyridine rings is 1. The second-order valence-corrected chi connectivity index (χ2v) is 7.05. The molecule has 3 heterocycles. The summed E-state index contributed by atoms with van der Waals surface area (Å²) in [7, 11) is 0. The maximum atomic E-state index is 12.5. The fourth-order valence-electron chi connectivity index (χ4n) is 3.43. The minimum absolute atomic E-state index is 0.0744. The van der Waals surface area contributed by atoms with Crippen LogP contribution in [0.1, 0.15) is 43.6 Å². The van der Waals surface area contributed by atoms with Crippen LogP contribution in [0.25, 0.3) is 21.8 Å². The number of aromatic amines is 1. The molecule has 0 amide bonds. The second kappa shape index (κ2) is 6.24. The van der Waals surface area contributed by atoms with Gasteiger partial charge in [0.2, 0.25) is 0 Å². The number of fused-ring (bicyclic) bond motifs is 3. The number of carbonyl (C=O) groups is 1. The van der Waals surface area contributed by atoms with E-state index in [1.807, 2.05) is 38.1 Å². The van der Waals surface area contributed by atoms with E-state index in [0.717, 1.165) is 34.6 Å². The highest BCUT2D eigenvalue weighted by Crippen LogP contribution is 2.27. The Kier molecular flexibility index (Phi) is 4.06. The molecule has 0 saturated carbocycles. The maximum Gasteiger partial charge on any atom is 0.181 e. The standard InChI is InChI=1S/C20H22N2O3/c1-20(2)24-12-13(25-20)6-5-9-19(23)17-10-15-14-7-3-4-8-16(14)22-18(15)11-21-17/h3-4,7-8,10-11,13,22H,5-6,9,12H2,1-2H3. The molecule has 0 bridgehead atoms. The van der Waals surface area contributed by atoms with Gasteiger partial charge in [-0.2, -0.15) is 0 Å². The molecule has 3 aromatic rings. The quantitative estimate of drug-likeness (QED) is 0.707. The van der Waals surface area contributed by atoms with E-state index in [2.05, 4.69) is 16.0 Å². The summed E-state index contributed by atoms with van der Waals surface area (Å²) in [4.78, 5) is 20.2. The molecule has 2 aromatic heterocycles. The monoisotopic (exact) mass is 338 g/mol. The number of hydrogen-bond acceptors (Lipinski definition) is 4. The fraction of sp³-hybridized carbons (Fsp3) is 0.400. The second-order valence-electron chi connectivity index (χ2n) is 7.05. The van der Waals surface area contributed by atoms with Crippen LogP contribution in [0.5, 0.6) is 0 Å². The van der Waals surface area contributed by atoms with E-state index in [-0.39, 0.29) is 11.9 Å². The number of rotatable bonds is 5. The van der Waals surface area contributed by atoms with Crippen molar-refractivity contribution in [2.75, 3.05) is 6.61 Å². The van der Waals surface area contributed by atoms with Crippen molar-refractivity contribution in [3.05, 3.63) is 42.2 Å². The van der Waals surface area contributed by atoms with Gasteiger partial charge in [0.15, 0.2) is 11.6 Å². The first kappa shape index (κ1) is 16.2. The predicted octanol–water partition coefficient (Wildman–Crippen LogP) is 4.22. The van der Waals surface area contributed by atoms with Crippen LogP contribution in [-0.4, -0.2) is 34.2 Å². The van der Waals surface area contributed by atoms with E-state index in [4.69, 9.17) is 9.47 Å². The molecule has 130 valence electrons. The van der Waals surface area contributed by atoms with E-state index < -0.39 is 5.79 Å². The normalized spacial score (nSPS) is 19.7. The van der Waals surface area contributed by atoms with E-state index in [1.54, 1.807) is 6.20 Å². The van der Waals surface area contributed by atoms with Gasteiger partial charge in [0.05, 0.1) is 24.4 Å². The maximum absolute atomic E-state index is 12.5. The van der Waals surface area contributed by atoms with Crippen LogP contribution in [0.3, 0.4) is 0 Å².